The van der Waals surface area contributed by atoms with Gasteiger partial charge >= 0.3 is 5.97 Å². The fourth-order valence-electron chi connectivity index (χ4n) is 7.54. The van der Waals surface area contributed by atoms with Gasteiger partial charge in [-0.1, -0.05) is 85.2 Å². The maximum atomic E-state index is 14.2. The fourth-order valence-corrected chi connectivity index (χ4v) is 7.54. The first kappa shape index (κ1) is 45.6. The minimum absolute atomic E-state index is 0.00596. The van der Waals surface area contributed by atoms with Crippen molar-refractivity contribution in [3.63, 3.8) is 0 Å². The first-order valence-electron chi connectivity index (χ1n) is 19.1. The molecule has 13 heteroatoms. The maximum Gasteiger partial charge on any atom is 0.328 e. The summed E-state index contributed by atoms with van der Waals surface area (Å²) in [7, 11) is 7.81. The van der Waals surface area contributed by atoms with E-state index in [0.717, 1.165) is 18.4 Å². The van der Waals surface area contributed by atoms with Crippen LogP contribution in [0.3, 0.4) is 0 Å². The van der Waals surface area contributed by atoms with Gasteiger partial charge in [-0.15, -0.1) is 0 Å². The number of benzene rings is 1. The lowest BCUT2D eigenvalue weighted by Gasteiger charge is -2.41. The van der Waals surface area contributed by atoms with Gasteiger partial charge in [0.1, 0.15) is 12.1 Å². The van der Waals surface area contributed by atoms with Gasteiger partial charge in [-0.05, 0) is 43.2 Å². The van der Waals surface area contributed by atoms with Gasteiger partial charge < -0.3 is 40.0 Å². The molecule has 0 bridgehead atoms. The van der Waals surface area contributed by atoms with Crippen molar-refractivity contribution in [2.45, 2.75) is 123 Å². The quantitative estimate of drug-likeness (QED) is 0.161. The molecule has 1 aromatic rings. The van der Waals surface area contributed by atoms with E-state index in [1.54, 1.807) is 37.9 Å². The monoisotopic (exact) mass is 745 g/mol. The molecule has 0 aliphatic carbocycles. The molecule has 0 spiro atoms. The first-order chi connectivity index (χ1) is 25.1. The number of rotatable bonds is 21. The zero-order valence-electron chi connectivity index (χ0n) is 34.1. The number of esters is 1. The first-order valence-corrected chi connectivity index (χ1v) is 19.1. The number of nitrogens with zero attached hydrogens (tertiary/aromatic N) is 2. The summed E-state index contributed by atoms with van der Waals surface area (Å²) >= 11 is 0. The van der Waals surface area contributed by atoms with E-state index < -0.39 is 48.3 Å². The summed E-state index contributed by atoms with van der Waals surface area (Å²) < 4.78 is 16.9. The maximum absolute atomic E-state index is 14.2. The second-order valence-corrected chi connectivity index (χ2v) is 15.1. The topological polar surface area (TPSA) is 156 Å². The van der Waals surface area contributed by atoms with Crippen molar-refractivity contribution in [2.75, 3.05) is 42.0 Å². The van der Waals surface area contributed by atoms with Gasteiger partial charge in [0.2, 0.25) is 23.6 Å². The molecule has 300 valence electrons. The van der Waals surface area contributed by atoms with E-state index in [9.17, 15) is 24.0 Å². The molecule has 7 unspecified atom stereocenters. The molecule has 1 aliphatic heterocycles. The average Bonchev–Trinajstić information content (AvgIpc) is 3.62. The number of amides is 4. The molecule has 3 N–H and O–H groups in total. The molecule has 2 rings (SSSR count). The van der Waals surface area contributed by atoms with Crippen LogP contribution in [-0.4, -0.2) is 124 Å². The Morgan fingerprint density at radius 2 is 1.51 bits per heavy atom. The molecule has 13 nitrogen and oxygen atoms in total. The molecular weight excluding hydrogens is 678 g/mol. The number of nitrogens with one attached hydrogen (secondary N) is 3. The Morgan fingerprint density at radius 3 is 2.02 bits per heavy atom. The second-order valence-electron chi connectivity index (χ2n) is 15.1. The lowest BCUT2D eigenvalue weighted by Crippen LogP contribution is -2.59. The van der Waals surface area contributed by atoms with Gasteiger partial charge in [-0.2, -0.15) is 0 Å². The van der Waals surface area contributed by atoms with Crippen molar-refractivity contribution in [1.29, 1.82) is 0 Å². The molecule has 4 amide bonds. The van der Waals surface area contributed by atoms with E-state index in [2.05, 4.69) is 16.0 Å². The predicted octanol–water partition coefficient (Wildman–Crippen LogP) is 3.19. The largest absolute Gasteiger partial charge is 0.467 e. The Labute approximate surface area is 317 Å². The van der Waals surface area contributed by atoms with Crippen LogP contribution in [0.2, 0.25) is 0 Å². The van der Waals surface area contributed by atoms with Gasteiger partial charge in [0.15, 0.2) is 0 Å². The number of hydrogen-bond acceptors (Lipinski definition) is 9. The second kappa shape index (κ2) is 22.0. The molecule has 1 heterocycles. The number of carbonyl (C=O) groups is 5. The molecule has 1 saturated heterocycles. The van der Waals surface area contributed by atoms with Crippen molar-refractivity contribution >= 4 is 29.6 Å². The van der Waals surface area contributed by atoms with Crippen LogP contribution >= 0.6 is 0 Å². The minimum Gasteiger partial charge on any atom is -0.467 e. The lowest BCUT2D eigenvalue weighted by atomic mass is 9.89. The number of methoxy groups -OCH3 is 3. The van der Waals surface area contributed by atoms with Crippen molar-refractivity contribution in [3.8, 4) is 0 Å². The van der Waals surface area contributed by atoms with Crippen molar-refractivity contribution in [2.24, 2.45) is 23.7 Å². The molecular formula is C40H67N5O8. The van der Waals surface area contributed by atoms with Crippen LogP contribution in [-0.2, 0) is 44.6 Å². The molecule has 1 fully saturated rings. The molecule has 1 aliphatic rings. The summed E-state index contributed by atoms with van der Waals surface area (Å²) in [5, 5.41) is 8.88. The summed E-state index contributed by atoms with van der Waals surface area (Å²) in [5.41, 5.74) is 0.875. The van der Waals surface area contributed by atoms with E-state index >= 15 is 0 Å². The zero-order chi connectivity index (χ0) is 40.0. The Morgan fingerprint density at radius 1 is 0.887 bits per heavy atom. The van der Waals surface area contributed by atoms with Crippen LogP contribution in [0.4, 0.5) is 0 Å². The molecule has 0 saturated carbocycles. The standard InChI is InChI=1S/C40H67N5O8/c1-13-26(6)35(44(9)39(49)34(25(4)5)43-38(48)33(41-8)24(2)3)31(51-10)23-32(46)45-21-17-20-30(45)36(52-11)27(7)37(47)42-29(40(50)53-12)22-28-18-15-14-16-19-28/h14-16,18-19,24-27,29-31,33-36,41H,13,17,20-23H2,1-12H3,(H,42,47)(H,43,48)/t26?,27?,29?,30?,31?,33-,34-,35?,36?/m0/s1. The van der Waals surface area contributed by atoms with Crippen LogP contribution in [0.5, 0.6) is 0 Å². The summed E-state index contributed by atoms with van der Waals surface area (Å²) in [5.74, 6) is -2.47. The van der Waals surface area contributed by atoms with E-state index in [4.69, 9.17) is 14.2 Å². The number of carbonyl (C=O) groups excluding carboxylic acids is 5. The van der Waals surface area contributed by atoms with Gasteiger partial charge in [0.25, 0.3) is 0 Å². The van der Waals surface area contributed by atoms with E-state index in [1.807, 2.05) is 71.9 Å². The van der Waals surface area contributed by atoms with E-state index in [-0.39, 0.29) is 60.3 Å². The van der Waals surface area contributed by atoms with E-state index in [0.29, 0.717) is 13.0 Å². The highest BCUT2D eigenvalue weighted by Crippen LogP contribution is 2.30. The molecule has 53 heavy (non-hydrogen) atoms. The van der Waals surface area contributed by atoms with Gasteiger partial charge in [0.05, 0.1) is 49.8 Å². The highest BCUT2D eigenvalue weighted by atomic mass is 16.5. The molecule has 9 atom stereocenters. The smallest absolute Gasteiger partial charge is 0.328 e. The van der Waals surface area contributed by atoms with Crippen LogP contribution in [0, 0.1) is 23.7 Å². The molecule has 0 radical (unpaired) electrons. The van der Waals surface area contributed by atoms with Gasteiger partial charge in [0, 0.05) is 34.2 Å². The minimum atomic E-state index is -0.889. The fraction of sp³-hybridized carbons (Fsp3) is 0.725. The Bertz CT molecular complexity index is 1330. The highest BCUT2D eigenvalue weighted by molar-refractivity contribution is 5.90. The summed E-state index contributed by atoms with van der Waals surface area (Å²) in [6.07, 6.45) is 1.08. The van der Waals surface area contributed by atoms with Crippen molar-refractivity contribution < 1.29 is 38.2 Å². The summed E-state index contributed by atoms with van der Waals surface area (Å²) in [6.45, 7) is 14.0. The van der Waals surface area contributed by atoms with E-state index in [1.165, 1.54) is 14.2 Å². The highest BCUT2D eigenvalue weighted by Gasteiger charge is 2.43. The number of likely N-dealkylation sites (N-methyl/N-ethyl adjacent to an activating group) is 2. The predicted molar refractivity (Wildman–Crippen MR) is 205 cm³/mol. The van der Waals surface area contributed by atoms with Gasteiger partial charge in [-0.3, -0.25) is 19.2 Å². The Kier molecular flexibility index (Phi) is 18.9. The number of hydrogen-bond donors (Lipinski definition) is 3. The lowest BCUT2D eigenvalue weighted by molar-refractivity contribution is -0.148. The van der Waals surface area contributed by atoms with Crippen molar-refractivity contribution in [3.05, 3.63) is 35.9 Å². The average molecular weight is 746 g/mol. The zero-order valence-corrected chi connectivity index (χ0v) is 34.1. The molecule has 0 aromatic heterocycles. The number of ether oxygens (including phenoxy) is 3. The summed E-state index contributed by atoms with van der Waals surface area (Å²) in [4.78, 5) is 71.2. The third kappa shape index (κ3) is 12.2. The van der Waals surface area contributed by atoms with Crippen LogP contribution < -0.4 is 16.0 Å². The van der Waals surface area contributed by atoms with Crippen LogP contribution in [0.25, 0.3) is 0 Å². The van der Waals surface area contributed by atoms with Crippen LogP contribution in [0.15, 0.2) is 30.3 Å². The Balaban J connectivity index is 2.27. The third-order valence-corrected chi connectivity index (χ3v) is 10.8. The van der Waals surface area contributed by atoms with Gasteiger partial charge in [-0.25, -0.2) is 4.79 Å². The third-order valence-electron chi connectivity index (χ3n) is 10.8. The Hall–Kier alpha value is -3.55. The van der Waals surface area contributed by atoms with Crippen LogP contribution in [0.1, 0.15) is 79.7 Å². The number of likely N-dealkylation sites (tertiary alicyclic amines) is 1. The summed E-state index contributed by atoms with van der Waals surface area (Å²) in [6, 6.07) is 6.41. The van der Waals surface area contributed by atoms with Crippen molar-refractivity contribution in [1.82, 2.24) is 25.8 Å². The SMILES string of the molecule is CCC(C)C(C(CC(=O)N1CCCC1C(OC)C(C)C(=O)NC(Cc1ccccc1)C(=O)OC)OC)N(C)C(=O)[C@@H](NC(=O)[C@@H](NC)C(C)C)C(C)C. The molecule has 1 aromatic carbocycles. The normalized spacial score (nSPS) is 19.1.